The van der Waals surface area contributed by atoms with Gasteiger partial charge in [-0.25, -0.2) is 0 Å². The molecule has 0 radical (unpaired) electrons. The summed E-state index contributed by atoms with van der Waals surface area (Å²) in [5, 5.41) is 0. The van der Waals surface area contributed by atoms with Crippen molar-refractivity contribution in [2.75, 3.05) is 9.80 Å². The Morgan fingerprint density at radius 2 is 0.661 bits per heavy atom. The van der Waals surface area contributed by atoms with Crippen molar-refractivity contribution in [1.29, 1.82) is 0 Å². The summed E-state index contributed by atoms with van der Waals surface area (Å²) < 4.78 is 0. The van der Waals surface area contributed by atoms with Gasteiger partial charge in [0.25, 0.3) is 0 Å². The van der Waals surface area contributed by atoms with Crippen LogP contribution in [0.15, 0.2) is 231 Å². The molecular weight excluding hydrogens is 713 g/mol. The van der Waals surface area contributed by atoms with E-state index in [4.69, 9.17) is 0 Å². The fraction of sp³-hybridized carbons (Fsp3) is 0.0526. The standard InChI is InChI=1S/C57H46N2/c1-42-14-10-12-20-56(42)58(52-34-26-48(27-35-52)44-16-6-3-4-7-17-44)54-38-30-50(31-39-54)46-22-24-47(25-23-46)51-32-40-55(41-33-51)59(57-21-13-11-15-43(57)2)53-36-28-49(29-37-53)45-18-8-5-9-19-45/h3,5-41H,4H2,1-2H3. The number of benzene rings is 8. The van der Waals surface area contributed by atoms with Crippen molar-refractivity contribution < 1.29 is 0 Å². The first-order chi connectivity index (χ1) is 29.1. The van der Waals surface area contributed by atoms with Crippen LogP contribution in [0.5, 0.6) is 0 Å². The number of rotatable bonds is 10. The molecule has 284 valence electrons. The number of hydrogen-bond donors (Lipinski definition) is 0. The van der Waals surface area contributed by atoms with Gasteiger partial charge in [-0.3, -0.25) is 0 Å². The first-order valence-electron chi connectivity index (χ1n) is 20.4. The number of anilines is 6. The second-order valence-electron chi connectivity index (χ2n) is 15.1. The van der Waals surface area contributed by atoms with Gasteiger partial charge in [-0.15, -0.1) is 0 Å². The van der Waals surface area contributed by atoms with Crippen molar-refractivity contribution in [1.82, 2.24) is 0 Å². The molecule has 0 heterocycles. The molecule has 2 nitrogen and oxygen atoms in total. The molecule has 0 saturated heterocycles. The fourth-order valence-corrected chi connectivity index (χ4v) is 7.95. The van der Waals surface area contributed by atoms with Crippen molar-refractivity contribution in [2.45, 2.75) is 20.3 Å². The van der Waals surface area contributed by atoms with Crippen LogP contribution in [0.2, 0.25) is 0 Å². The predicted molar refractivity (Wildman–Crippen MR) is 252 cm³/mol. The summed E-state index contributed by atoms with van der Waals surface area (Å²) in [6.07, 6.45) is 11.9. The molecule has 0 N–H and O–H groups in total. The Hall–Kier alpha value is -7.42. The SMILES string of the molecule is Cc1ccccc1N(c1ccc(C2=CC=CCC=C2)cc1)c1ccc(-c2ccc(-c3ccc(N(c4ccc(-c5ccccc5)cc4)c4ccccc4C)cc3)cc2)cc1. The van der Waals surface area contributed by atoms with E-state index >= 15 is 0 Å². The Balaban J connectivity index is 0.959. The topological polar surface area (TPSA) is 6.48 Å². The van der Waals surface area contributed by atoms with Gasteiger partial charge in [0.15, 0.2) is 0 Å². The molecule has 1 aliphatic carbocycles. The summed E-state index contributed by atoms with van der Waals surface area (Å²) in [6, 6.07) is 72.3. The van der Waals surface area contributed by atoms with Crippen molar-refractivity contribution in [3.63, 3.8) is 0 Å². The van der Waals surface area contributed by atoms with Crippen LogP contribution in [-0.4, -0.2) is 0 Å². The van der Waals surface area contributed by atoms with E-state index in [2.05, 4.69) is 254 Å². The lowest BCUT2D eigenvalue weighted by Gasteiger charge is -2.27. The Morgan fingerprint density at radius 1 is 0.322 bits per heavy atom. The second-order valence-corrected chi connectivity index (χ2v) is 15.1. The highest BCUT2D eigenvalue weighted by Crippen LogP contribution is 2.40. The van der Waals surface area contributed by atoms with Gasteiger partial charge < -0.3 is 9.80 Å². The van der Waals surface area contributed by atoms with Gasteiger partial charge in [-0.2, -0.15) is 0 Å². The van der Waals surface area contributed by atoms with E-state index in [-0.39, 0.29) is 0 Å². The van der Waals surface area contributed by atoms with Crippen LogP contribution in [0, 0.1) is 13.8 Å². The van der Waals surface area contributed by atoms with Crippen LogP contribution >= 0.6 is 0 Å². The zero-order valence-corrected chi connectivity index (χ0v) is 33.5. The van der Waals surface area contributed by atoms with Crippen molar-refractivity contribution in [3.8, 4) is 33.4 Å². The van der Waals surface area contributed by atoms with E-state index in [1.807, 2.05) is 0 Å². The van der Waals surface area contributed by atoms with Crippen LogP contribution in [-0.2, 0) is 0 Å². The van der Waals surface area contributed by atoms with Gasteiger partial charge >= 0.3 is 0 Å². The predicted octanol–water partition coefficient (Wildman–Crippen LogP) is 16.1. The third-order valence-electron chi connectivity index (χ3n) is 11.2. The summed E-state index contributed by atoms with van der Waals surface area (Å²) in [6.45, 7) is 4.36. The zero-order valence-electron chi connectivity index (χ0n) is 33.5. The van der Waals surface area contributed by atoms with Gasteiger partial charge in [-0.05, 0) is 137 Å². The number of hydrogen-bond acceptors (Lipinski definition) is 2. The van der Waals surface area contributed by atoms with Crippen LogP contribution in [0.1, 0.15) is 23.1 Å². The highest BCUT2D eigenvalue weighted by molar-refractivity contribution is 5.84. The van der Waals surface area contributed by atoms with Crippen molar-refractivity contribution >= 4 is 39.7 Å². The minimum atomic E-state index is 0.966. The maximum atomic E-state index is 2.35. The summed E-state index contributed by atoms with van der Waals surface area (Å²) in [5.74, 6) is 0. The van der Waals surface area contributed by atoms with Crippen LogP contribution in [0.4, 0.5) is 34.1 Å². The van der Waals surface area contributed by atoms with E-state index in [0.29, 0.717) is 0 Å². The third-order valence-corrected chi connectivity index (χ3v) is 11.2. The molecule has 0 aliphatic heterocycles. The first kappa shape index (κ1) is 37.2. The fourth-order valence-electron chi connectivity index (χ4n) is 7.95. The largest absolute Gasteiger partial charge is 0.310 e. The summed E-state index contributed by atoms with van der Waals surface area (Å²) in [7, 11) is 0. The average Bonchev–Trinajstić information content (AvgIpc) is 3.59. The number of allylic oxidation sites excluding steroid dienone is 6. The summed E-state index contributed by atoms with van der Waals surface area (Å²) >= 11 is 0. The molecule has 0 fully saturated rings. The molecule has 8 aromatic rings. The third kappa shape index (κ3) is 8.08. The Bertz CT molecular complexity index is 2760. The quantitative estimate of drug-likeness (QED) is 0.137. The smallest absolute Gasteiger partial charge is 0.0490 e. The highest BCUT2D eigenvalue weighted by Gasteiger charge is 2.17. The molecule has 0 bridgehead atoms. The van der Waals surface area contributed by atoms with Crippen LogP contribution < -0.4 is 9.80 Å². The maximum absolute atomic E-state index is 2.35. The van der Waals surface area contributed by atoms with E-state index in [1.54, 1.807) is 0 Å². The molecule has 1 aliphatic rings. The average molecular weight is 759 g/mol. The maximum Gasteiger partial charge on any atom is 0.0490 e. The summed E-state index contributed by atoms with van der Waals surface area (Å²) in [5.41, 5.74) is 18.9. The molecule has 59 heavy (non-hydrogen) atoms. The molecule has 0 aromatic heterocycles. The minimum Gasteiger partial charge on any atom is -0.310 e. The monoisotopic (exact) mass is 758 g/mol. The Labute approximate surface area is 349 Å². The van der Waals surface area contributed by atoms with Gasteiger partial charge in [0.05, 0.1) is 0 Å². The molecule has 0 atom stereocenters. The molecule has 0 saturated carbocycles. The van der Waals surface area contributed by atoms with E-state index in [0.717, 1.165) is 29.2 Å². The van der Waals surface area contributed by atoms with E-state index in [9.17, 15) is 0 Å². The number of nitrogens with zero attached hydrogens (tertiary/aromatic N) is 2. The highest BCUT2D eigenvalue weighted by atomic mass is 15.1. The Kier molecular flexibility index (Phi) is 10.7. The number of aryl methyl sites for hydroxylation is 2. The first-order valence-corrected chi connectivity index (χ1v) is 20.4. The van der Waals surface area contributed by atoms with E-state index < -0.39 is 0 Å². The lowest BCUT2D eigenvalue weighted by atomic mass is 9.99. The molecule has 0 unspecified atom stereocenters. The zero-order chi connectivity index (χ0) is 40.0. The lowest BCUT2D eigenvalue weighted by molar-refractivity contribution is 1.25. The van der Waals surface area contributed by atoms with Crippen LogP contribution in [0.25, 0.3) is 39.0 Å². The van der Waals surface area contributed by atoms with E-state index in [1.165, 1.54) is 67.0 Å². The summed E-state index contributed by atoms with van der Waals surface area (Å²) in [4.78, 5) is 4.70. The number of para-hydroxylation sites is 2. The normalized spacial score (nSPS) is 12.1. The van der Waals surface area contributed by atoms with Gasteiger partial charge in [0, 0.05) is 34.1 Å². The second kappa shape index (κ2) is 17.0. The van der Waals surface area contributed by atoms with Crippen LogP contribution in [0.3, 0.4) is 0 Å². The van der Waals surface area contributed by atoms with Gasteiger partial charge in [-0.1, -0.05) is 170 Å². The minimum absolute atomic E-state index is 0.966. The Morgan fingerprint density at radius 3 is 1.07 bits per heavy atom. The molecule has 9 rings (SSSR count). The molecule has 0 spiro atoms. The molecular formula is C57H46N2. The lowest BCUT2D eigenvalue weighted by Crippen LogP contribution is -2.11. The van der Waals surface area contributed by atoms with Crippen molar-refractivity contribution in [2.24, 2.45) is 0 Å². The van der Waals surface area contributed by atoms with Crippen molar-refractivity contribution in [3.05, 3.63) is 247 Å². The van der Waals surface area contributed by atoms with Gasteiger partial charge in [0.1, 0.15) is 0 Å². The molecule has 0 amide bonds. The molecule has 8 aromatic carbocycles. The van der Waals surface area contributed by atoms with Gasteiger partial charge in [0.2, 0.25) is 0 Å². The molecule has 2 heteroatoms.